The summed E-state index contributed by atoms with van der Waals surface area (Å²) >= 11 is 0. The Hall–Kier alpha value is -2.30. The van der Waals surface area contributed by atoms with E-state index in [4.69, 9.17) is 9.15 Å². The molecule has 0 aliphatic rings. The van der Waals surface area contributed by atoms with E-state index >= 15 is 0 Å². The average Bonchev–Trinajstić information content (AvgIpc) is 3.19. The molecule has 1 unspecified atom stereocenters. The Balaban J connectivity index is 0.00000392. The number of benzene rings is 1. The van der Waals surface area contributed by atoms with Gasteiger partial charge in [0.2, 0.25) is 5.91 Å². The van der Waals surface area contributed by atoms with Crippen LogP contribution in [-0.2, 0) is 11.3 Å². The Labute approximate surface area is 181 Å². The minimum absolute atomic E-state index is 0. The lowest BCUT2D eigenvalue weighted by Crippen LogP contribution is -2.45. The van der Waals surface area contributed by atoms with Gasteiger partial charge in [0.25, 0.3) is 0 Å². The van der Waals surface area contributed by atoms with Crippen LogP contribution in [0.1, 0.15) is 19.1 Å². The van der Waals surface area contributed by atoms with Crippen LogP contribution in [0.4, 0.5) is 4.39 Å². The number of amides is 1. The Bertz CT molecular complexity index is 741. The number of hydrogen-bond donors (Lipinski definition) is 3. The van der Waals surface area contributed by atoms with Crippen LogP contribution in [0.25, 0.3) is 0 Å². The largest absolute Gasteiger partial charge is 0.489 e. The molecule has 1 amide bonds. The Morgan fingerprint density at radius 1 is 1.25 bits per heavy atom. The van der Waals surface area contributed by atoms with Crippen LogP contribution >= 0.6 is 24.0 Å². The van der Waals surface area contributed by atoms with Crippen molar-refractivity contribution in [1.29, 1.82) is 0 Å². The van der Waals surface area contributed by atoms with E-state index in [0.717, 1.165) is 6.42 Å². The van der Waals surface area contributed by atoms with Gasteiger partial charge in [0.05, 0.1) is 25.9 Å². The van der Waals surface area contributed by atoms with E-state index in [1.54, 1.807) is 37.6 Å². The monoisotopic (exact) mass is 504 g/mol. The second-order valence-corrected chi connectivity index (χ2v) is 5.77. The fourth-order valence-electron chi connectivity index (χ4n) is 2.26. The number of carbonyl (C=O) groups is 1. The van der Waals surface area contributed by atoms with E-state index in [9.17, 15) is 9.18 Å². The molecular formula is C19H26FIN4O3. The molecule has 1 atom stereocenters. The van der Waals surface area contributed by atoms with Crippen LogP contribution in [0.2, 0.25) is 0 Å². The summed E-state index contributed by atoms with van der Waals surface area (Å²) in [6.07, 6.45) is 2.12. The number of halogens is 2. The summed E-state index contributed by atoms with van der Waals surface area (Å²) in [5, 5.41) is 8.77. The smallest absolute Gasteiger partial charge is 0.239 e. The van der Waals surface area contributed by atoms with Gasteiger partial charge in [-0.1, -0.05) is 13.0 Å². The Kier molecular flexibility index (Phi) is 11.0. The SMILES string of the molecule is CCC(CNC(=NC)NCC(=O)NCc1ccco1)Oc1cccc(F)c1.I. The zero-order valence-corrected chi connectivity index (χ0v) is 18.2. The van der Waals surface area contributed by atoms with Crippen molar-refractivity contribution in [3.63, 3.8) is 0 Å². The molecule has 28 heavy (non-hydrogen) atoms. The lowest BCUT2D eigenvalue weighted by molar-refractivity contribution is -0.120. The zero-order chi connectivity index (χ0) is 19.5. The van der Waals surface area contributed by atoms with Crippen molar-refractivity contribution < 1.29 is 18.3 Å². The van der Waals surface area contributed by atoms with Crippen LogP contribution in [0, 0.1) is 5.82 Å². The maximum atomic E-state index is 13.3. The van der Waals surface area contributed by atoms with Crippen molar-refractivity contribution >= 4 is 35.8 Å². The highest BCUT2D eigenvalue weighted by atomic mass is 127. The Morgan fingerprint density at radius 3 is 2.71 bits per heavy atom. The molecule has 9 heteroatoms. The predicted octanol–water partition coefficient (Wildman–Crippen LogP) is 2.68. The summed E-state index contributed by atoms with van der Waals surface area (Å²) in [7, 11) is 1.62. The Morgan fingerprint density at radius 2 is 2.07 bits per heavy atom. The molecule has 3 N–H and O–H groups in total. The van der Waals surface area contributed by atoms with E-state index in [1.165, 1.54) is 12.1 Å². The molecule has 0 saturated carbocycles. The van der Waals surface area contributed by atoms with Crippen molar-refractivity contribution in [2.24, 2.45) is 4.99 Å². The fraction of sp³-hybridized carbons (Fsp3) is 0.368. The van der Waals surface area contributed by atoms with Gasteiger partial charge >= 0.3 is 0 Å². The third kappa shape index (κ3) is 8.59. The standard InChI is InChI=1S/C19H25FN4O3.HI/c1-3-15(27-16-7-4-6-14(20)10-16)11-23-19(21-2)24-13-18(25)22-12-17-8-5-9-26-17;/h4-10,15H,3,11-13H2,1-2H3,(H,22,25)(H2,21,23,24);1H. The van der Waals surface area contributed by atoms with E-state index in [1.807, 2.05) is 6.92 Å². The molecule has 0 radical (unpaired) electrons. The second-order valence-electron chi connectivity index (χ2n) is 5.77. The second kappa shape index (κ2) is 13.0. The molecule has 0 bridgehead atoms. The number of aliphatic imine (C=N–C) groups is 1. The van der Waals surface area contributed by atoms with Gasteiger partial charge < -0.3 is 25.1 Å². The first-order chi connectivity index (χ1) is 13.1. The first kappa shape index (κ1) is 23.7. The summed E-state index contributed by atoms with van der Waals surface area (Å²) in [5.74, 6) is 1.12. The molecule has 0 spiro atoms. The van der Waals surface area contributed by atoms with E-state index in [-0.39, 0.29) is 48.3 Å². The molecule has 1 aromatic heterocycles. The number of furan rings is 1. The maximum Gasteiger partial charge on any atom is 0.239 e. The fourth-order valence-corrected chi connectivity index (χ4v) is 2.26. The summed E-state index contributed by atoms with van der Waals surface area (Å²) in [6, 6.07) is 9.59. The van der Waals surface area contributed by atoms with Crippen LogP contribution in [-0.4, -0.2) is 38.1 Å². The summed E-state index contributed by atoms with van der Waals surface area (Å²) in [5.41, 5.74) is 0. The topological polar surface area (TPSA) is 87.9 Å². The predicted molar refractivity (Wildman–Crippen MR) is 116 cm³/mol. The molecular weight excluding hydrogens is 478 g/mol. The summed E-state index contributed by atoms with van der Waals surface area (Å²) in [4.78, 5) is 15.9. The molecule has 2 aromatic rings. The number of carbonyl (C=O) groups excluding carboxylic acids is 1. The molecule has 0 saturated heterocycles. The van der Waals surface area contributed by atoms with Gasteiger partial charge in [-0.25, -0.2) is 4.39 Å². The van der Waals surface area contributed by atoms with Gasteiger partial charge in [0.1, 0.15) is 23.4 Å². The number of hydrogen-bond acceptors (Lipinski definition) is 4. The minimum atomic E-state index is -0.339. The number of ether oxygens (including phenoxy) is 1. The highest BCUT2D eigenvalue weighted by molar-refractivity contribution is 14.0. The minimum Gasteiger partial charge on any atom is -0.489 e. The van der Waals surface area contributed by atoms with E-state index in [0.29, 0.717) is 30.6 Å². The zero-order valence-electron chi connectivity index (χ0n) is 15.9. The summed E-state index contributed by atoms with van der Waals surface area (Å²) < 4.78 is 24.2. The summed E-state index contributed by atoms with van der Waals surface area (Å²) in [6.45, 7) is 2.84. The lowest BCUT2D eigenvalue weighted by Gasteiger charge is -2.20. The molecule has 0 aliphatic heterocycles. The first-order valence-electron chi connectivity index (χ1n) is 8.76. The van der Waals surface area contributed by atoms with Gasteiger partial charge in [0, 0.05) is 13.1 Å². The van der Waals surface area contributed by atoms with Crippen LogP contribution < -0.4 is 20.7 Å². The number of rotatable bonds is 9. The quantitative estimate of drug-likeness (QED) is 0.278. The molecule has 0 fully saturated rings. The number of nitrogens with one attached hydrogen (secondary N) is 3. The van der Waals surface area contributed by atoms with Crippen molar-refractivity contribution in [1.82, 2.24) is 16.0 Å². The molecule has 2 rings (SSSR count). The van der Waals surface area contributed by atoms with Crippen LogP contribution in [0.3, 0.4) is 0 Å². The molecule has 1 aromatic carbocycles. The molecule has 0 aliphatic carbocycles. The van der Waals surface area contributed by atoms with Crippen molar-refractivity contribution in [3.8, 4) is 5.75 Å². The first-order valence-corrected chi connectivity index (χ1v) is 8.76. The third-order valence-corrected chi connectivity index (χ3v) is 3.73. The number of guanidine groups is 1. The molecule has 154 valence electrons. The van der Waals surface area contributed by atoms with Gasteiger partial charge in [-0.15, -0.1) is 24.0 Å². The van der Waals surface area contributed by atoms with Crippen LogP contribution in [0.15, 0.2) is 52.1 Å². The lowest BCUT2D eigenvalue weighted by atomic mass is 10.2. The van der Waals surface area contributed by atoms with E-state index < -0.39 is 0 Å². The highest BCUT2D eigenvalue weighted by Crippen LogP contribution is 2.14. The van der Waals surface area contributed by atoms with Crippen molar-refractivity contribution in [2.75, 3.05) is 20.1 Å². The molecule has 1 heterocycles. The van der Waals surface area contributed by atoms with Crippen molar-refractivity contribution in [2.45, 2.75) is 26.0 Å². The van der Waals surface area contributed by atoms with Gasteiger partial charge in [-0.3, -0.25) is 9.79 Å². The number of nitrogens with zero attached hydrogens (tertiary/aromatic N) is 1. The van der Waals surface area contributed by atoms with Gasteiger partial charge in [-0.05, 0) is 30.7 Å². The van der Waals surface area contributed by atoms with E-state index in [2.05, 4.69) is 20.9 Å². The molecule has 7 nitrogen and oxygen atoms in total. The third-order valence-electron chi connectivity index (χ3n) is 3.73. The van der Waals surface area contributed by atoms with Crippen molar-refractivity contribution in [3.05, 3.63) is 54.2 Å². The maximum absolute atomic E-state index is 13.3. The van der Waals surface area contributed by atoms with Crippen LogP contribution in [0.5, 0.6) is 5.75 Å². The normalized spacial score (nSPS) is 11.9. The van der Waals surface area contributed by atoms with Gasteiger partial charge in [0.15, 0.2) is 5.96 Å². The highest BCUT2D eigenvalue weighted by Gasteiger charge is 2.11. The van der Waals surface area contributed by atoms with Gasteiger partial charge in [-0.2, -0.15) is 0 Å². The average molecular weight is 504 g/mol.